The maximum Gasteiger partial charge on any atom is 0.242 e. The van der Waals surface area contributed by atoms with Gasteiger partial charge in [-0.2, -0.15) is 0 Å². The van der Waals surface area contributed by atoms with Crippen molar-refractivity contribution in [3.8, 4) is 0 Å². The maximum absolute atomic E-state index is 11.8. The van der Waals surface area contributed by atoms with Crippen LogP contribution in [0.25, 0.3) is 0 Å². The van der Waals surface area contributed by atoms with Crippen LogP contribution in [0.2, 0.25) is 0 Å². The van der Waals surface area contributed by atoms with Gasteiger partial charge in [0.15, 0.2) is 0 Å². The molecule has 0 spiro atoms. The molecule has 0 bridgehead atoms. The number of rotatable bonds is 6. The lowest BCUT2D eigenvalue weighted by Gasteiger charge is -2.17. The number of aromatic nitrogens is 2. The van der Waals surface area contributed by atoms with Crippen LogP contribution in [-0.2, 0) is 11.2 Å². The van der Waals surface area contributed by atoms with E-state index in [1.807, 2.05) is 20.8 Å². The monoisotopic (exact) mass is 266 g/mol. The van der Waals surface area contributed by atoms with E-state index in [0.717, 1.165) is 0 Å². The summed E-state index contributed by atoms with van der Waals surface area (Å²) in [6, 6.07) is 1.39. The molecule has 0 aliphatic rings. The Labute approximate surface area is 113 Å². The van der Waals surface area contributed by atoms with Gasteiger partial charge in [0.25, 0.3) is 0 Å². The molecule has 0 fully saturated rings. The van der Waals surface area contributed by atoms with Crippen LogP contribution < -0.4 is 21.9 Å². The number of nitrogens with two attached hydrogens (primary N) is 1. The van der Waals surface area contributed by atoms with Gasteiger partial charge in [-0.15, -0.1) is 0 Å². The lowest BCUT2D eigenvalue weighted by molar-refractivity contribution is -0.122. The van der Waals surface area contributed by atoms with Crippen LogP contribution in [0, 0.1) is 0 Å². The van der Waals surface area contributed by atoms with Gasteiger partial charge >= 0.3 is 0 Å². The largest absolute Gasteiger partial charge is 0.358 e. The first-order valence-corrected chi connectivity index (χ1v) is 6.37. The molecule has 0 saturated carbocycles. The molecule has 7 heteroatoms. The molecular weight excluding hydrogens is 244 g/mol. The van der Waals surface area contributed by atoms with Gasteiger partial charge in [-0.1, -0.05) is 6.92 Å². The second-order valence-corrected chi connectivity index (χ2v) is 4.58. The molecule has 0 saturated heterocycles. The number of nitrogens with zero attached hydrogens (tertiary/aromatic N) is 2. The molecule has 0 aliphatic carbocycles. The molecule has 106 valence electrons. The van der Waals surface area contributed by atoms with Gasteiger partial charge in [-0.25, -0.2) is 15.8 Å². The number of nitrogens with one attached hydrogen (secondary N) is 3. The van der Waals surface area contributed by atoms with Crippen molar-refractivity contribution in [2.75, 3.05) is 10.7 Å². The van der Waals surface area contributed by atoms with Gasteiger partial charge in [0.05, 0.1) is 0 Å². The third-order valence-electron chi connectivity index (χ3n) is 2.43. The number of hydrazine groups is 1. The summed E-state index contributed by atoms with van der Waals surface area (Å²) in [5, 5.41) is 5.87. The summed E-state index contributed by atoms with van der Waals surface area (Å²) in [7, 11) is 0. The minimum Gasteiger partial charge on any atom is -0.358 e. The average molecular weight is 266 g/mol. The summed E-state index contributed by atoms with van der Waals surface area (Å²) in [6.45, 7) is 7.57. The topological polar surface area (TPSA) is 105 Å². The van der Waals surface area contributed by atoms with Crippen molar-refractivity contribution in [2.24, 2.45) is 5.84 Å². The number of carbonyl (C=O) groups is 1. The van der Waals surface area contributed by atoms with E-state index >= 15 is 0 Å². The Morgan fingerprint density at radius 2 is 1.95 bits per heavy atom. The quantitative estimate of drug-likeness (QED) is 0.445. The Kier molecular flexibility index (Phi) is 5.50. The zero-order valence-corrected chi connectivity index (χ0v) is 11.8. The highest BCUT2D eigenvalue weighted by Gasteiger charge is 2.14. The first-order chi connectivity index (χ1) is 8.96. The molecule has 1 aromatic rings. The van der Waals surface area contributed by atoms with Crippen LogP contribution in [0.15, 0.2) is 6.07 Å². The van der Waals surface area contributed by atoms with Crippen LogP contribution in [0.3, 0.4) is 0 Å². The molecular formula is C12H22N6O. The zero-order valence-electron chi connectivity index (χ0n) is 11.8. The number of aryl methyl sites for hydroxylation is 1. The molecule has 1 atom stereocenters. The maximum atomic E-state index is 11.8. The number of hydrogen-bond donors (Lipinski definition) is 4. The molecule has 5 N–H and O–H groups in total. The van der Waals surface area contributed by atoms with Gasteiger partial charge < -0.3 is 16.1 Å². The van der Waals surface area contributed by atoms with Crippen molar-refractivity contribution < 1.29 is 4.79 Å². The third-order valence-corrected chi connectivity index (χ3v) is 2.43. The normalized spacial score (nSPS) is 12.1. The fourth-order valence-electron chi connectivity index (χ4n) is 1.50. The Bertz CT molecular complexity index is 412. The summed E-state index contributed by atoms with van der Waals surface area (Å²) in [4.78, 5) is 20.3. The number of amides is 1. The van der Waals surface area contributed by atoms with Crippen LogP contribution in [0.4, 0.5) is 11.6 Å². The predicted molar refractivity (Wildman–Crippen MR) is 75.6 cm³/mol. The van der Waals surface area contributed by atoms with Gasteiger partial charge in [0, 0.05) is 18.5 Å². The van der Waals surface area contributed by atoms with Crippen molar-refractivity contribution >= 4 is 17.5 Å². The van der Waals surface area contributed by atoms with Crippen molar-refractivity contribution in [1.29, 1.82) is 0 Å². The lowest BCUT2D eigenvalue weighted by atomic mass is 10.2. The molecule has 1 heterocycles. The molecule has 1 rings (SSSR count). The fraction of sp³-hybridized carbons (Fsp3) is 0.583. The highest BCUT2D eigenvalue weighted by atomic mass is 16.2. The number of hydrogen-bond acceptors (Lipinski definition) is 6. The molecule has 1 amide bonds. The highest BCUT2D eigenvalue weighted by molar-refractivity contribution is 5.84. The molecule has 1 unspecified atom stereocenters. The van der Waals surface area contributed by atoms with Gasteiger partial charge in [0.1, 0.15) is 23.5 Å². The molecule has 19 heavy (non-hydrogen) atoms. The highest BCUT2D eigenvalue weighted by Crippen LogP contribution is 2.12. The van der Waals surface area contributed by atoms with E-state index in [9.17, 15) is 4.79 Å². The van der Waals surface area contributed by atoms with Crippen LogP contribution in [0.1, 0.15) is 33.5 Å². The van der Waals surface area contributed by atoms with Crippen LogP contribution >= 0.6 is 0 Å². The minimum absolute atomic E-state index is 0.0751. The molecule has 0 aliphatic heterocycles. The first kappa shape index (κ1) is 15.2. The molecule has 1 aromatic heterocycles. The SMILES string of the molecule is CCc1nc(NN)cc(NC(C)C(=O)NC(C)C)n1. The Hall–Kier alpha value is -1.89. The van der Waals surface area contributed by atoms with Crippen molar-refractivity contribution in [3.05, 3.63) is 11.9 Å². The smallest absolute Gasteiger partial charge is 0.242 e. The third kappa shape index (κ3) is 4.70. The predicted octanol–water partition coefficient (Wildman–Crippen LogP) is 0.650. The summed E-state index contributed by atoms with van der Waals surface area (Å²) in [6.07, 6.45) is 0.691. The fourth-order valence-corrected chi connectivity index (χ4v) is 1.50. The van der Waals surface area contributed by atoms with Crippen molar-refractivity contribution in [2.45, 2.75) is 46.2 Å². The second-order valence-electron chi connectivity index (χ2n) is 4.58. The molecule has 0 aromatic carbocycles. The van der Waals surface area contributed by atoms with Gasteiger partial charge in [0.2, 0.25) is 5.91 Å². The van der Waals surface area contributed by atoms with E-state index in [-0.39, 0.29) is 18.0 Å². The first-order valence-electron chi connectivity index (χ1n) is 6.37. The summed E-state index contributed by atoms with van der Waals surface area (Å²) < 4.78 is 0. The van der Waals surface area contributed by atoms with E-state index in [0.29, 0.717) is 23.9 Å². The van der Waals surface area contributed by atoms with Crippen molar-refractivity contribution in [3.63, 3.8) is 0 Å². The Morgan fingerprint density at radius 3 is 2.47 bits per heavy atom. The van der Waals surface area contributed by atoms with E-state index in [1.54, 1.807) is 13.0 Å². The van der Waals surface area contributed by atoms with Crippen LogP contribution in [0.5, 0.6) is 0 Å². The average Bonchev–Trinajstić information content (AvgIpc) is 2.37. The van der Waals surface area contributed by atoms with Crippen LogP contribution in [-0.4, -0.2) is 28.0 Å². The number of anilines is 2. The summed E-state index contributed by atoms with van der Waals surface area (Å²) in [5.74, 6) is 7.03. The molecule has 0 radical (unpaired) electrons. The summed E-state index contributed by atoms with van der Waals surface area (Å²) in [5.41, 5.74) is 2.49. The number of nitrogen functional groups attached to an aromatic ring is 1. The standard InChI is InChI=1S/C12H22N6O/c1-5-9-16-10(6-11(17-9)18-13)15-8(4)12(19)14-7(2)3/h6-8H,5,13H2,1-4H3,(H,14,19)(H2,15,16,17,18). The Balaban J connectivity index is 2.78. The Morgan fingerprint density at radius 1 is 1.32 bits per heavy atom. The van der Waals surface area contributed by atoms with Gasteiger partial charge in [-0.3, -0.25) is 4.79 Å². The van der Waals surface area contributed by atoms with Gasteiger partial charge in [-0.05, 0) is 20.8 Å². The van der Waals surface area contributed by atoms with E-state index < -0.39 is 0 Å². The van der Waals surface area contributed by atoms with E-state index in [2.05, 4.69) is 26.0 Å². The van der Waals surface area contributed by atoms with E-state index in [4.69, 9.17) is 5.84 Å². The van der Waals surface area contributed by atoms with Crippen molar-refractivity contribution in [1.82, 2.24) is 15.3 Å². The second kappa shape index (κ2) is 6.89. The number of carbonyl (C=O) groups excluding carboxylic acids is 1. The molecule has 7 nitrogen and oxygen atoms in total. The lowest BCUT2D eigenvalue weighted by Crippen LogP contribution is -2.41. The zero-order chi connectivity index (χ0) is 14.4. The van der Waals surface area contributed by atoms with E-state index in [1.165, 1.54) is 0 Å². The minimum atomic E-state index is -0.382. The summed E-state index contributed by atoms with van der Waals surface area (Å²) >= 11 is 0.